The van der Waals surface area contributed by atoms with E-state index in [4.69, 9.17) is 0 Å². The first kappa shape index (κ1) is 25.5. The summed E-state index contributed by atoms with van der Waals surface area (Å²) in [5.74, 6) is 0.471. The minimum absolute atomic E-state index is 0.0719. The first-order valence-electron chi connectivity index (χ1n) is 12.7. The van der Waals surface area contributed by atoms with Gasteiger partial charge in [0.1, 0.15) is 0 Å². The zero-order chi connectivity index (χ0) is 25.0. The Morgan fingerprint density at radius 3 is 2.66 bits per heavy atom. The molecule has 4 rings (SSSR count). The van der Waals surface area contributed by atoms with Gasteiger partial charge in [-0.25, -0.2) is 4.79 Å². The van der Waals surface area contributed by atoms with Crippen LogP contribution in [0.5, 0.6) is 0 Å². The molecule has 1 unspecified atom stereocenters. The number of likely N-dealkylation sites (N-methyl/N-ethyl adjacent to an activating group) is 1. The predicted molar refractivity (Wildman–Crippen MR) is 131 cm³/mol. The van der Waals surface area contributed by atoms with Crippen LogP contribution >= 0.6 is 0 Å². The largest absolute Gasteiger partial charge is 0.416 e. The third-order valence-electron chi connectivity index (χ3n) is 7.38. The van der Waals surface area contributed by atoms with Crippen LogP contribution in [0, 0.1) is 5.92 Å². The average molecular weight is 489 g/mol. The minimum Gasteiger partial charge on any atom is -0.324 e. The molecule has 35 heavy (non-hydrogen) atoms. The van der Waals surface area contributed by atoms with Crippen LogP contribution in [0.4, 0.5) is 23.7 Å². The van der Waals surface area contributed by atoms with Crippen LogP contribution in [-0.2, 0) is 19.0 Å². The SMILES string of the molecule is CCN(CC1CCN(C(=O)N2CCCc3ncccc32)CC1)C(C)Cc1cccc(C(F)(F)F)c1. The van der Waals surface area contributed by atoms with E-state index in [0.29, 0.717) is 17.9 Å². The molecule has 0 saturated carbocycles. The molecule has 8 heteroatoms. The number of fused-ring (bicyclic) bond motifs is 1. The number of amides is 2. The maximum Gasteiger partial charge on any atom is 0.416 e. The molecule has 1 atom stereocenters. The van der Waals surface area contributed by atoms with Crippen molar-refractivity contribution in [3.63, 3.8) is 0 Å². The molecule has 0 N–H and O–H groups in total. The Morgan fingerprint density at radius 2 is 1.94 bits per heavy atom. The number of anilines is 1. The highest BCUT2D eigenvalue weighted by atomic mass is 19.4. The number of rotatable bonds is 6. The van der Waals surface area contributed by atoms with E-state index in [2.05, 4.69) is 23.7 Å². The van der Waals surface area contributed by atoms with E-state index in [0.717, 1.165) is 75.9 Å². The maximum absolute atomic E-state index is 13.2. The lowest BCUT2D eigenvalue weighted by molar-refractivity contribution is -0.137. The van der Waals surface area contributed by atoms with Crippen molar-refractivity contribution >= 4 is 11.7 Å². The molecule has 0 aliphatic carbocycles. The zero-order valence-electron chi connectivity index (χ0n) is 20.6. The first-order valence-corrected chi connectivity index (χ1v) is 12.7. The fraction of sp³-hybridized carbons (Fsp3) is 0.556. The van der Waals surface area contributed by atoms with Crippen LogP contribution in [0.3, 0.4) is 0 Å². The molecule has 5 nitrogen and oxygen atoms in total. The van der Waals surface area contributed by atoms with Crippen molar-refractivity contribution in [2.24, 2.45) is 5.92 Å². The molecule has 190 valence electrons. The van der Waals surface area contributed by atoms with Gasteiger partial charge in [-0.2, -0.15) is 13.2 Å². The van der Waals surface area contributed by atoms with Crippen LogP contribution in [0.2, 0.25) is 0 Å². The van der Waals surface area contributed by atoms with E-state index >= 15 is 0 Å². The van der Waals surface area contributed by atoms with E-state index < -0.39 is 11.7 Å². The summed E-state index contributed by atoms with van der Waals surface area (Å²) < 4.78 is 39.2. The molecule has 0 spiro atoms. The number of nitrogens with zero attached hydrogens (tertiary/aromatic N) is 4. The van der Waals surface area contributed by atoms with Gasteiger partial charge in [0.25, 0.3) is 0 Å². The van der Waals surface area contributed by atoms with Gasteiger partial charge < -0.3 is 9.80 Å². The molecule has 1 saturated heterocycles. The quantitative estimate of drug-likeness (QED) is 0.529. The predicted octanol–water partition coefficient (Wildman–Crippen LogP) is 5.64. The van der Waals surface area contributed by atoms with Crippen LogP contribution < -0.4 is 4.90 Å². The minimum atomic E-state index is -4.32. The molecule has 0 radical (unpaired) electrons. The van der Waals surface area contributed by atoms with Crippen LogP contribution in [-0.4, -0.2) is 59.6 Å². The fourth-order valence-corrected chi connectivity index (χ4v) is 5.37. The number of carbonyl (C=O) groups is 1. The lowest BCUT2D eigenvalue weighted by Crippen LogP contribution is -2.49. The van der Waals surface area contributed by atoms with Gasteiger partial charge in [-0.15, -0.1) is 0 Å². The van der Waals surface area contributed by atoms with E-state index in [1.54, 1.807) is 12.3 Å². The highest BCUT2D eigenvalue weighted by Crippen LogP contribution is 2.30. The summed E-state index contributed by atoms with van der Waals surface area (Å²) in [5, 5.41) is 0. The van der Waals surface area contributed by atoms with Gasteiger partial charge in [0, 0.05) is 38.4 Å². The van der Waals surface area contributed by atoms with E-state index in [-0.39, 0.29) is 12.1 Å². The molecule has 1 fully saturated rings. The summed E-state index contributed by atoms with van der Waals surface area (Å²) in [6.07, 6.45) is 1.76. The smallest absolute Gasteiger partial charge is 0.324 e. The number of alkyl halides is 3. The second kappa shape index (κ2) is 11.0. The number of carbonyl (C=O) groups excluding carboxylic acids is 1. The lowest BCUT2D eigenvalue weighted by atomic mass is 9.95. The van der Waals surface area contributed by atoms with E-state index in [9.17, 15) is 18.0 Å². The Morgan fingerprint density at radius 1 is 1.17 bits per heavy atom. The summed E-state index contributed by atoms with van der Waals surface area (Å²) in [5.41, 5.74) is 2.05. The van der Waals surface area contributed by atoms with Crippen molar-refractivity contribution in [1.29, 1.82) is 0 Å². The Labute approximate surface area is 205 Å². The third kappa shape index (κ3) is 6.15. The normalized spacial score (nSPS) is 18.0. The Balaban J connectivity index is 1.30. The highest BCUT2D eigenvalue weighted by molar-refractivity contribution is 5.93. The second-order valence-electron chi connectivity index (χ2n) is 9.78. The monoisotopic (exact) mass is 488 g/mol. The van der Waals surface area contributed by atoms with Crippen LogP contribution in [0.15, 0.2) is 42.6 Å². The summed E-state index contributed by atoms with van der Waals surface area (Å²) in [6.45, 7) is 8.12. The van der Waals surface area contributed by atoms with E-state index in [1.807, 2.05) is 21.9 Å². The lowest BCUT2D eigenvalue weighted by Gasteiger charge is -2.39. The zero-order valence-corrected chi connectivity index (χ0v) is 20.6. The molecule has 2 aliphatic rings. The van der Waals surface area contributed by atoms with Gasteiger partial charge >= 0.3 is 12.2 Å². The number of aromatic nitrogens is 1. The second-order valence-corrected chi connectivity index (χ2v) is 9.78. The van der Waals surface area contributed by atoms with Crippen molar-refractivity contribution in [2.75, 3.05) is 37.6 Å². The van der Waals surface area contributed by atoms with Gasteiger partial charge in [-0.1, -0.05) is 25.1 Å². The molecule has 1 aromatic carbocycles. The number of pyridine rings is 1. The summed E-state index contributed by atoms with van der Waals surface area (Å²) in [4.78, 5) is 23.9. The standard InChI is InChI=1S/C27H35F3N4O/c1-3-32(20(2)17-22-7-4-8-23(18-22)27(28,29)30)19-21-11-15-33(16-12-21)26(35)34-14-6-9-24-25(34)10-5-13-31-24/h4-5,7-8,10,13,18,20-21H,3,6,9,11-12,14-17,19H2,1-2H3. The van der Waals surface area contributed by atoms with Crippen molar-refractivity contribution in [3.8, 4) is 0 Å². The van der Waals surface area contributed by atoms with Gasteiger partial charge in [0.2, 0.25) is 0 Å². The number of hydrogen-bond acceptors (Lipinski definition) is 3. The highest BCUT2D eigenvalue weighted by Gasteiger charge is 2.32. The van der Waals surface area contributed by atoms with Gasteiger partial charge in [0.15, 0.2) is 0 Å². The average Bonchev–Trinajstić information content (AvgIpc) is 2.86. The molecule has 2 aromatic rings. The number of halogens is 3. The molecule has 1 aromatic heterocycles. The van der Waals surface area contributed by atoms with Gasteiger partial charge in [-0.05, 0) is 75.3 Å². The summed E-state index contributed by atoms with van der Waals surface area (Å²) in [7, 11) is 0. The van der Waals surface area contributed by atoms with Crippen molar-refractivity contribution in [2.45, 2.75) is 58.2 Å². The Kier molecular flexibility index (Phi) is 7.99. The van der Waals surface area contributed by atoms with Gasteiger partial charge in [0.05, 0.1) is 16.9 Å². The number of piperidine rings is 1. The number of likely N-dealkylation sites (tertiary alicyclic amines) is 1. The summed E-state index contributed by atoms with van der Waals surface area (Å²) in [6, 6.07) is 9.74. The van der Waals surface area contributed by atoms with Crippen LogP contribution in [0.25, 0.3) is 0 Å². The van der Waals surface area contributed by atoms with E-state index in [1.165, 1.54) is 12.1 Å². The van der Waals surface area contributed by atoms with Gasteiger partial charge in [-0.3, -0.25) is 9.88 Å². The molecule has 2 aliphatic heterocycles. The topological polar surface area (TPSA) is 39.7 Å². The van der Waals surface area contributed by atoms with Crippen molar-refractivity contribution in [1.82, 2.24) is 14.8 Å². The number of aryl methyl sites for hydroxylation is 1. The molecule has 0 bridgehead atoms. The number of hydrogen-bond donors (Lipinski definition) is 0. The fourth-order valence-electron chi connectivity index (χ4n) is 5.37. The molecule has 3 heterocycles. The van der Waals surface area contributed by atoms with Crippen LogP contribution in [0.1, 0.15) is 49.9 Å². The molecular weight excluding hydrogens is 453 g/mol. The van der Waals surface area contributed by atoms with Crippen molar-refractivity contribution < 1.29 is 18.0 Å². The van der Waals surface area contributed by atoms with Crippen molar-refractivity contribution in [3.05, 3.63) is 59.4 Å². The number of benzene rings is 1. The molecular formula is C27H35F3N4O. The Hall–Kier alpha value is -2.61. The first-order chi connectivity index (χ1) is 16.8. The maximum atomic E-state index is 13.2. The summed E-state index contributed by atoms with van der Waals surface area (Å²) >= 11 is 0. The number of urea groups is 1. The Bertz CT molecular complexity index is 1000. The molecule has 2 amide bonds. The third-order valence-corrected chi connectivity index (χ3v) is 7.38.